The average molecular weight is 236 g/mol. The first kappa shape index (κ1) is 11.9. The molecule has 1 aliphatic rings. The highest BCUT2D eigenvalue weighted by Gasteiger charge is 2.20. The third kappa shape index (κ3) is 3.21. The van der Waals surface area contributed by atoms with Crippen LogP contribution in [0.3, 0.4) is 0 Å². The summed E-state index contributed by atoms with van der Waals surface area (Å²) in [5.41, 5.74) is 1.75. The summed E-state index contributed by atoms with van der Waals surface area (Å²) in [5.74, 6) is -0.0671. The van der Waals surface area contributed by atoms with Crippen molar-refractivity contribution in [2.75, 3.05) is 19.7 Å². The van der Waals surface area contributed by atoms with Crippen LogP contribution in [0.5, 0.6) is 0 Å². The number of hydrogen-bond acceptors (Lipinski definition) is 5. The highest BCUT2D eigenvalue weighted by atomic mass is 16.5. The number of ether oxygens (including phenoxy) is 1. The van der Waals surface area contributed by atoms with Crippen molar-refractivity contribution in [1.29, 1.82) is 0 Å². The van der Waals surface area contributed by atoms with Gasteiger partial charge in [0.1, 0.15) is 12.4 Å². The predicted molar refractivity (Wildman–Crippen MR) is 61.1 cm³/mol. The Bertz CT molecular complexity index is 391. The molecule has 0 aliphatic carbocycles. The topological polar surface area (TPSA) is 76.1 Å². The van der Waals surface area contributed by atoms with E-state index < -0.39 is 0 Å². The maximum Gasteiger partial charge on any atom is 0.217 e. The number of aromatic nitrogens is 2. The lowest BCUT2D eigenvalue weighted by Gasteiger charge is -2.24. The third-order valence-electron chi connectivity index (χ3n) is 2.58. The first-order chi connectivity index (χ1) is 8.27. The van der Waals surface area contributed by atoms with Crippen molar-refractivity contribution in [2.45, 2.75) is 19.6 Å². The Balaban J connectivity index is 2.11. The van der Waals surface area contributed by atoms with E-state index in [1.165, 1.54) is 13.3 Å². The highest BCUT2D eigenvalue weighted by Crippen LogP contribution is 2.19. The van der Waals surface area contributed by atoms with Gasteiger partial charge in [-0.15, -0.1) is 0 Å². The van der Waals surface area contributed by atoms with Gasteiger partial charge in [-0.2, -0.15) is 0 Å². The Morgan fingerprint density at radius 1 is 1.71 bits per heavy atom. The van der Waals surface area contributed by atoms with Gasteiger partial charge >= 0.3 is 0 Å². The van der Waals surface area contributed by atoms with E-state index in [0.29, 0.717) is 13.2 Å². The lowest BCUT2D eigenvalue weighted by atomic mass is 10.1. The van der Waals surface area contributed by atoms with Gasteiger partial charge in [-0.25, -0.2) is 9.97 Å². The molecular weight excluding hydrogens is 220 g/mol. The van der Waals surface area contributed by atoms with Crippen LogP contribution < -0.4 is 10.6 Å². The molecule has 0 spiro atoms. The number of nitrogens with one attached hydrogen (secondary N) is 2. The Labute approximate surface area is 99.8 Å². The van der Waals surface area contributed by atoms with Crippen molar-refractivity contribution in [3.8, 4) is 0 Å². The zero-order valence-electron chi connectivity index (χ0n) is 9.77. The second kappa shape index (κ2) is 5.70. The van der Waals surface area contributed by atoms with Gasteiger partial charge in [0.05, 0.1) is 12.3 Å². The van der Waals surface area contributed by atoms with Crippen molar-refractivity contribution < 1.29 is 9.53 Å². The van der Waals surface area contributed by atoms with Crippen LogP contribution in [0.2, 0.25) is 0 Å². The lowest BCUT2D eigenvalue weighted by molar-refractivity contribution is -0.119. The van der Waals surface area contributed by atoms with E-state index in [-0.39, 0.29) is 12.0 Å². The van der Waals surface area contributed by atoms with E-state index in [9.17, 15) is 4.79 Å². The fourth-order valence-corrected chi connectivity index (χ4v) is 1.75. The molecule has 0 radical (unpaired) electrons. The molecule has 1 aromatic heterocycles. The molecular formula is C11H16N4O2. The average Bonchev–Trinajstić information content (AvgIpc) is 2.38. The van der Waals surface area contributed by atoms with Crippen LogP contribution in [-0.4, -0.2) is 35.6 Å². The molecule has 1 amide bonds. The molecule has 0 bridgehead atoms. The monoisotopic (exact) mass is 236 g/mol. The van der Waals surface area contributed by atoms with Gasteiger partial charge in [-0.1, -0.05) is 0 Å². The molecule has 1 fully saturated rings. The maximum atomic E-state index is 10.9. The second-order valence-corrected chi connectivity index (χ2v) is 3.91. The minimum atomic E-state index is -0.0671. The number of carbonyl (C=O) groups is 1. The Morgan fingerprint density at radius 3 is 3.29 bits per heavy atom. The molecule has 2 heterocycles. The van der Waals surface area contributed by atoms with Crippen molar-refractivity contribution in [3.05, 3.63) is 23.8 Å². The summed E-state index contributed by atoms with van der Waals surface area (Å²) < 4.78 is 5.65. The Kier molecular flexibility index (Phi) is 4.00. The van der Waals surface area contributed by atoms with Crippen LogP contribution in [0.25, 0.3) is 0 Å². The Morgan fingerprint density at radius 2 is 2.59 bits per heavy atom. The van der Waals surface area contributed by atoms with E-state index in [2.05, 4.69) is 20.6 Å². The molecule has 6 heteroatoms. The Hall–Kier alpha value is -1.53. The zero-order chi connectivity index (χ0) is 12.1. The van der Waals surface area contributed by atoms with Crippen LogP contribution in [0, 0.1) is 0 Å². The van der Waals surface area contributed by atoms with Gasteiger partial charge in [-0.05, 0) is 0 Å². The summed E-state index contributed by atoms with van der Waals surface area (Å²) in [5, 5.41) is 6.00. The van der Waals surface area contributed by atoms with Crippen LogP contribution in [0.1, 0.15) is 24.3 Å². The van der Waals surface area contributed by atoms with Crippen molar-refractivity contribution in [2.24, 2.45) is 0 Å². The summed E-state index contributed by atoms with van der Waals surface area (Å²) >= 11 is 0. The number of morpholine rings is 1. The van der Waals surface area contributed by atoms with E-state index in [4.69, 9.17) is 4.74 Å². The quantitative estimate of drug-likeness (QED) is 0.758. The van der Waals surface area contributed by atoms with Crippen LogP contribution in [0.4, 0.5) is 0 Å². The van der Waals surface area contributed by atoms with Gasteiger partial charge < -0.3 is 15.4 Å². The van der Waals surface area contributed by atoms with E-state index in [0.717, 1.165) is 24.3 Å². The number of rotatable bonds is 3. The molecule has 6 nitrogen and oxygen atoms in total. The third-order valence-corrected chi connectivity index (χ3v) is 2.58. The number of hydrogen-bond donors (Lipinski definition) is 2. The summed E-state index contributed by atoms with van der Waals surface area (Å²) in [6.07, 6.45) is 3.16. The molecule has 0 aromatic carbocycles. The maximum absolute atomic E-state index is 10.9. The lowest BCUT2D eigenvalue weighted by Crippen LogP contribution is -2.34. The second-order valence-electron chi connectivity index (χ2n) is 3.91. The van der Waals surface area contributed by atoms with Gasteiger partial charge in [0.2, 0.25) is 5.91 Å². The molecule has 0 saturated carbocycles. The standard InChI is InChI=1S/C11H16N4O2/c1-8(16)14-5-9-4-13-7-15-11(9)10-6-12-2-3-17-10/h4,7,10,12H,2-3,5-6H2,1H3,(H,14,16)/t10-/m1/s1. The van der Waals surface area contributed by atoms with Gasteiger partial charge in [0.15, 0.2) is 0 Å². The first-order valence-electron chi connectivity index (χ1n) is 5.63. The zero-order valence-corrected chi connectivity index (χ0v) is 9.77. The predicted octanol–water partition coefficient (Wildman–Crippen LogP) is -0.226. The van der Waals surface area contributed by atoms with Gasteiger partial charge in [0, 0.05) is 38.3 Å². The van der Waals surface area contributed by atoms with Crippen LogP contribution >= 0.6 is 0 Å². The first-order valence-corrected chi connectivity index (χ1v) is 5.63. The molecule has 92 valence electrons. The largest absolute Gasteiger partial charge is 0.369 e. The van der Waals surface area contributed by atoms with Crippen molar-refractivity contribution >= 4 is 5.91 Å². The van der Waals surface area contributed by atoms with E-state index in [1.54, 1.807) is 6.20 Å². The molecule has 0 unspecified atom stereocenters. The fourth-order valence-electron chi connectivity index (χ4n) is 1.75. The number of nitrogens with zero attached hydrogens (tertiary/aromatic N) is 2. The highest BCUT2D eigenvalue weighted by molar-refractivity contribution is 5.72. The van der Waals surface area contributed by atoms with Crippen molar-refractivity contribution in [1.82, 2.24) is 20.6 Å². The summed E-state index contributed by atoms with van der Waals surface area (Å²) in [7, 11) is 0. The van der Waals surface area contributed by atoms with E-state index in [1.807, 2.05) is 0 Å². The van der Waals surface area contributed by atoms with Gasteiger partial charge in [0.25, 0.3) is 0 Å². The SMILES string of the molecule is CC(=O)NCc1cncnc1[C@H]1CNCCO1. The summed E-state index contributed by atoms with van der Waals surface area (Å²) in [4.78, 5) is 19.1. The molecule has 1 aromatic rings. The minimum Gasteiger partial charge on any atom is -0.369 e. The molecule has 2 rings (SSSR count). The van der Waals surface area contributed by atoms with Crippen LogP contribution in [0.15, 0.2) is 12.5 Å². The molecule has 17 heavy (non-hydrogen) atoms. The number of carbonyl (C=O) groups excluding carboxylic acids is 1. The van der Waals surface area contributed by atoms with E-state index >= 15 is 0 Å². The smallest absolute Gasteiger partial charge is 0.217 e. The fraction of sp³-hybridized carbons (Fsp3) is 0.545. The molecule has 1 aliphatic heterocycles. The van der Waals surface area contributed by atoms with Crippen LogP contribution in [-0.2, 0) is 16.1 Å². The normalized spacial score (nSPS) is 19.9. The summed E-state index contributed by atoms with van der Waals surface area (Å²) in [6, 6.07) is 0. The molecule has 1 saturated heterocycles. The summed E-state index contributed by atoms with van der Waals surface area (Å²) in [6.45, 7) is 4.20. The molecule has 2 N–H and O–H groups in total. The van der Waals surface area contributed by atoms with Crippen molar-refractivity contribution in [3.63, 3.8) is 0 Å². The number of amides is 1. The minimum absolute atomic E-state index is 0.0597. The molecule has 1 atom stereocenters. The van der Waals surface area contributed by atoms with Gasteiger partial charge in [-0.3, -0.25) is 4.79 Å².